The van der Waals surface area contributed by atoms with E-state index in [-0.39, 0.29) is 0 Å². The van der Waals surface area contributed by atoms with Gasteiger partial charge in [0, 0.05) is 43.8 Å². The van der Waals surface area contributed by atoms with Crippen LogP contribution >= 0.6 is 0 Å². The predicted octanol–water partition coefficient (Wildman–Crippen LogP) is 3.87. The van der Waals surface area contributed by atoms with Crippen LogP contribution in [0.1, 0.15) is 18.4 Å². The molecule has 0 bridgehead atoms. The van der Waals surface area contributed by atoms with E-state index < -0.39 is 0 Å². The number of nitrogens with zero attached hydrogens (tertiary/aromatic N) is 3. The van der Waals surface area contributed by atoms with Gasteiger partial charge in [-0.1, -0.05) is 12.1 Å². The molecule has 0 N–H and O–H groups in total. The third-order valence-corrected chi connectivity index (χ3v) is 4.95. The van der Waals surface area contributed by atoms with Crippen molar-refractivity contribution < 1.29 is 4.74 Å². The van der Waals surface area contributed by atoms with E-state index in [9.17, 15) is 0 Å². The minimum absolute atomic E-state index is 0.813. The highest BCUT2D eigenvalue weighted by molar-refractivity contribution is 5.82. The van der Waals surface area contributed by atoms with E-state index in [1.807, 2.05) is 6.21 Å². The van der Waals surface area contributed by atoms with Crippen LogP contribution < -0.4 is 9.80 Å². The smallest absolute Gasteiger partial charge is 0.0642 e. The summed E-state index contributed by atoms with van der Waals surface area (Å²) < 4.78 is 5.41. The summed E-state index contributed by atoms with van der Waals surface area (Å²) in [6, 6.07) is 17.2. The molecule has 2 aliphatic rings. The first-order valence-electron chi connectivity index (χ1n) is 9.20. The van der Waals surface area contributed by atoms with Gasteiger partial charge in [-0.25, -0.2) is 0 Å². The van der Waals surface area contributed by atoms with Crippen molar-refractivity contribution in [1.82, 2.24) is 0 Å². The topological polar surface area (TPSA) is 28.1 Å². The Hall–Kier alpha value is -2.33. The van der Waals surface area contributed by atoms with E-state index in [2.05, 4.69) is 63.3 Å². The average Bonchev–Trinajstić information content (AvgIpc) is 3.23. The third-order valence-electron chi connectivity index (χ3n) is 4.95. The fourth-order valence-electron chi connectivity index (χ4n) is 3.47. The molecular weight excluding hydrogens is 310 g/mol. The highest BCUT2D eigenvalue weighted by Crippen LogP contribution is 2.22. The average molecular weight is 335 g/mol. The predicted molar refractivity (Wildman–Crippen MR) is 105 cm³/mol. The highest BCUT2D eigenvalue weighted by atomic mass is 16.5. The lowest BCUT2D eigenvalue weighted by Gasteiger charge is -2.28. The Morgan fingerprint density at radius 2 is 1.28 bits per heavy atom. The summed E-state index contributed by atoms with van der Waals surface area (Å²) in [6.07, 6.45) is 4.56. The number of benzene rings is 2. The van der Waals surface area contributed by atoms with Crippen LogP contribution in [-0.2, 0) is 4.74 Å². The van der Waals surface area contributed by atoms with E-state index in [0.717, 1.165) is 37.6 Å². The number of ether oxygens (including phenoxy) is 1. The highest BCUT2D eigenvalue weighted by Gasteiger charge is 2.12. The Morgan fingerprint density at radius 1 is 0.720 bits per heavy atom. The number of hydrogen-bond acceptors (Lipinski definition) is 4. The number of rotatable bonds is 4. The molecule has 2 fully saturated rings. The van der Waals surface area contributed by atoms with Crippen LogP contribution in [0.4, 0.5) is 17.1 Å². The summed E-state index contributed by atoms with van der Waals surface area (Å²) >= 11 is 0. The summed E-state index contributed by atoms with van der Waals surface area (Å²) in [5, 5.41) is 0. The fraction of sp³-hybridized carbons (Fsp3) is 0.381. The Balaban J connectivity index is 1.39. The van der Waals surface area contributed by atoms with Gasteiger partial charge in [-0.3, -0.25) is 4.99 Å². The van der Waals surface area contributed by atoms with Crippen LogP contribution in [-0.4, -0.2) is 45.6 Å². The Labute approximate surface area is 149 Å². The van der Waals surface area contributed by atoms with Crippen molar-refractivity contribution in [1.29, 1.82) is 0 Å². The van der Waals surface area contributed by atoms with Gasteiger partial charge < -0.3 is 14.5 Å². The molecule has 2 saturated heterocycles. The van der Waals surface area contributed by atoms with E-state index in [1.54, 1.807) is 0 Å². The molecule has 0 atom stereocenters. The van der Waals surface area contributed by atoms with E-state index in [4.69, 9.17) is 4.74 Å². The zero-order chi connectivity index (χ0) is 16.9. The van der Waals surface area contributed by atoms with Crippen LogP contribution in [0.15, 0.2) is 53.5 Å². The maximum absolute atomic E-state index is 5.41. The molecule has 4 rings (SSSR count). The molecule has 25 heavy (non-hydrogen) atoms. The van der Waals surface area contributed by atoms with E-state index in [1.165, 1.54) is 37.3 Å². The van der Waals surface area contributed by atoms with Gasteiger partial charge in [0.15, 0.2) is 0 Å². The Morgan fingerprint density at radius 3 is 1.92 bits per heavy atom. The maximum atomic E-state index is 5.41. The van der Waals surface area contributed by atoms with Crippen LogP contribution in [0.2, 0.25) is 0 Å². The van der Waals surface area contributed by atoms with Gasteiger partial charge in [-0.2, -0.15) is 0 Å². The zero-order valence-electron chi connectivity index (χ0n) is 14.6. The molecule has 0 amide bonds. The van der Waals surface area contributed by atoms with Gasteiger partial charge in [0.1, 0.15) is 0 Å². The van der Waals surface area contributed by atoms with Crippen molar-refractivity contribution in [3.63, 3.8) is 0 Å². The molecular formula is C21H25N3O. The molecule has 2 aliphatic heterocycles. The van der Waals surface area contributed by atoms with Crippen molar-refractivity contribution in [2.24, 2.45) is 4.99 Å². The second-order valence-electron chi connectivity index (χ2n) is 6.66. The van der Waals surface area contributed by atoms with E-state index >= 15 is 0 Å². The van der Waals surface area contributed by atoms with Gasteiger partial charge in [0.05, 0.1) is 18.9 Å². The number of aliphatic imine (C=N–C) groups is 1. The van der Waals surface area contributed by atoms with E-state index in [0.29, 0.717) is 0 Å². The molecule has 0 aliphatic carbocycles. The molecule has 130 valence electrons. The van der Waals surface area contributed by atoms with Gasteiger partial charge in [0.25, 0.3) is 0 Å². The van der Waals surface area contributed by atoms with Crippen molar-refractivity contribution >= 4 is 23.3 Å². The number of morpholine rings is 1. The number of anilines is 2. The lowest BCUT2D eigenvalue weighted by Crippen LogP contribution is -2.36. The van der Waals surface area contributed by atoms with Gasteiger partial charge in [0.2, 0.25) is 0 Å². The first-order valence-corrected chi connectivity index (χ1v) is 9.20. The first-order chi connectivity index (χ1) is 12.4. The van der Waals surface area contributed by atoms with Crippen molar-refractivity contribution in [3.8, 4) is 0 Å². The van der Waals surface area contributed by atoms with Gasteiger partial charge in [-0.15, -0.1) is 0 Å². The van der Waals surface area contributed by atoms with Crippen LogP contribution in [0, 0.1) is 0 Å². The largest absolute Gasteiger partial charge is 0.378 e. The standard InChI is InChI=1S/C21H25N3O/c1-2-12-23(11-1)20-7-3-18(4-8-20)17-22-19-5-9-21(10-6-19)24-13-15-25-16-14-24/h3-10,17H,1-2,11-16H2. The lowest BCUT2D eigenvalue weighted by molar-refractivity contribution is 0.122. The monoisotopic (exact) mass is 335 g/mol. The SMILES string of the molecule is C(=Nc1ccc(N2CCOCC2)cc1)c1ccc(N2CCCC2)cc1. The summed E-state index contributed by atoms with van der Waals surface area (Å²) in [5.41, 5.74) is 4.70. The second-order valence-corrected chi connectivity index (χ2v) is 6.66. The summed E-state index contributed by atoms with van der Waals surface area (Å²) in [6.45, 7) is 5.92. The van der Waals surface area contributed by atoms with Crippen molar-refractivity contribution in [3.05, 3.63) is 54.1 Å². The fourth-order valence-corrected chi connectivity index (χ4v) is 3.47. The summed E-state index contributed by atoms with van der Waals surface area (Å²) in [5.74, 6) is 0. The Kier molecular flexibility index (Phi) is 4.98. The quantitative estimate of drug-likeness (QED) is 0.794. The van der Waals surface area contributed by atoms with Crippen molar-refractivity contribution in [2.45, 2.75) is 12.8 Å². The second kappa shape index (κ2) is 7.70. The normalized spacial score (nSPS) is 18.2. The van der Waals surface area contributed by atoms with Gasteiger partial charge >= 0.3 is 0 Å². The maximum Gasteiger partial charge on any atom is 0.0642 e. The lowest BCUT2D eigenvalue weighted by atomic mass is 10.2. The molecule has 0 unspecified atom stereocenters. The molecule has 2 aromatic rings. The summed E-state index contributed by atoms with van der Waals surface area (Å²) in [7, 11) is 0. The summed E-state index contributed by atoms with van der Waals surface area (Å²) in [4.78, 5) is 9.41. The molecule has 4 nitrogen and oxygen atoms in total. The molecule has 2 heterocycles. The Bertz CT molecular complexity index is 697. The molecule has 0 aromatic heterocycles. The first kappa shape index (κ1) is 16.2. The van der Waals surface area contributed by atoms with Crippen LogP contribution in [0.25, 0.3) is 0 Å². The van der Waals surface area contributed by atoms with Crippen LogP contribution in [0.3, 0.4) is 0 Å². The molecule has 0 radical (unpaired) electrons. The number of hydrogen-bond donors (Lipinski definition) is 0. The molecule has 0 spiro atoms. The van der Waals surface area contributed by atoms with Crippen LogP contribution in [0.5, 0.6) is 0 Å². The van der Waals surface area contributed by atoms with Gasteiger partial charge in [-0.05, 0) is 54.8 Å². The molecule has 0 saturated carbocycles. The minimum atomic E-state index is 0.813. The van der Waals surface area contributed by atoms with Crippen molar-refractivity contribution in [2.75, 3.05) is 49.2 Å². The third kappa shape index (κ3) is 4.02. The minimum Gasteiger partial charge on any atom is -0.378 e. The molecule has 2 aromatic carbocycles. The zero-order valence-corrected chi connectivity index (χ0v) is 14.6. The molecule has 4 heteroatoms.